The van der Waals surface area contributed by atoms with Crippen LogP contribution >= 0.6 is 24.0 Å². The predicted octanol–water partition coefficient (Wildman–Crippen LogP) is 2.20. The van der Waals surface area contributed by atoms with Crippen LogP contribution in [-0.4, -0.2) is 49.7 Å². The van der Waals surface area contributed by atoms with E-state index >= 15 is 0 Å². The Bertz CT molecular complexity index is 856. The lowest BCUT2D eigenvalue weighted by atomic mass is 9.96. The van der Waals surface area contributed by atoms with E-state index in [0.29, 0.717) is 32.1 Å². The molecule has 31 heavy (non-hydrogen) atoms. The number of halogens is 1. The van der Waals surface area contributed by atoms with E-state index in [0.717, 1.165) is 29.9 Å². The Balaban J connectivity index is 0.00000341. The number of aliphatic hydroxyl groups is 1. The molecule has 1 unspecified atom stereocenters. The zero-order valence-electron chi connectivity index (χ0n) is 18.1. The first-order chi connectivity index (χ1) is 14.5. The Kier molecular flexibility index (Phi) is 9.57. The van der Waals surface area contributed by atoms with Crippen LogP contribution in [0.2, 0.25) is 0 Å². The van der Waals surface area contributed by atoms with Crippen molar-refractivity contribution in [3.8, 4) is 0 Å². The van der Waals surface area contributed by atoms with Gasteiger partial charge in [0.05, 0.1) is 19.6 Å². The van der Waals surface area contributed by atoms with Crippen molar-refractivity contribution >= 4 is 41.5 Å². The monoisotopic (exact) mass is 537 g/mol. The lowest BCUT2D eigenvalue weighted by Gasteiger charge is -2.28. The number of anilines is 1. The second-order valence-corrected chi connectivity index (χ2v) is 7.63. The van der Waals surface area contributed by atoms with Crippen LogP contribution in [0.15, 0.2) is 59.6 Å². The van der Waals surface area contributed by atoms with Gasteiger partial charge < -0.3 is 26.0 Å². The van der Waals surface area contributed by atoms with Gasteiger partial charge in [0.2, 0.25) is 5.91 Å². The summed E-state index contributed by atoms with van der Waals surface area (Å²) in [4.78, 5) is 18.3. The molecule has 3 rings (SSSR count). The fourth-order valence-electron chi connectivity index (χ4n) is 3.34. The summed E-state index contributed by atoms with van der Waals surface area (Å²) in [5.74, 6) is 0.716. The summed E-state index contributed by atoms with van der Waals surface area (Å²) in [5, 5.41) is 20.1. The normalized spacial score (nSPS) is 16.0. The highest BCUT2D eigenvalue weighted by molar-refractivity contribution is 14.0. The Labute approximate surface area is 201 Å². The van der Waals surface area contributed by atoms with Gasteiger partial charge in [-0.25, -0.2) is 4.99 Å². The molecule has 4 N–H and O–H groups in total. The number of nitrogens with zero attached hydrogens (tertiary/aromatic N) is 2. The molecular formula is C23H32IN5O2. The molecule has 2 aromatic rings. The van der Waals surface area contributed by atoms with Crippen molar-refractivity contribution in [1.82, 2.24) is 16.0 Å². The predicted molar refractivity (Wildman–Crippen MR) is 136 cm³/mol. The van der Waals surface area contributed by atoms with E-state index in [1.807, 2.05) is 61.5 Å². The fourth-order valence-corrected chi connectivity index (χ4v) is 3.34. The van der Waals surface area contributed by atoms with Gasteiger partial charge in [0.1, 0.15) is 5.60 Å². The number of piperazine rings is 1. The first-order valence-corrected chi connectivity index (χ1v) is 10.4. The van der Waals surface area contributed by atoms with E-state index < -0.39 is 5.60 Å². The minimum atomic E-state index is -1.00. The zero-order valence-corrected chi connectivity index (χ0v) is 20.4. The molecule has 0 aromatic heterocycles. The Morgan fingerprint density at radius 3 is 2.52 bits per heavy atom. The van der Waals surface area contributed by atoms with Crippen LogP contribution in [0, 0.1) is 0 Å². The maximum absolute atomic E-state index is 11.6. The third kappa shape index (κ3) is 7.39. The number of rotatable bonds is 7. The van der Waals surface area contributed by atoms with Crippen molar-refractivity contribution in [3.63, 3.8) is 0 Å². The summed E-state index contributed by atoms with van der Waals surface area (Å²) in [5.41, 5.74) is 1.98. The molecule has 1 amide bonds. The lowest BCUT2D eigenvalue weighted by molar-refractivity contribution is -0.120. The molecule has 1 aliphatic rings. The molecule has 7 nitrogen and oxygen atoms in total. The fraction of sp³-hybridized carbons (Fsp3) is 0.391. The average Bonchev–Trinajstić information content (AvgIpc) is 2.77. The number of amides is 1. The van der Waals surface area contributed by atoms with Crippen molar-refractivity contribution in [2.75, 3.05) is 37.6 Å². The second-order valence-electron chi connectivity index (χ2n) is 7.63. The van der Waals surface area contributed by atoms with Crippen molar-refractivity contribution in [3.05, 3.63) is 65.7 Å². The summed E-state index contributed by atoms with van der Waals surface area (Å²) in [6.07, 6.45) is 0. The summed E-state index contributed by atoms with van der Waals surface area (Å²) in [6.45, 7) is 7.29. The van der Waals surface area contributed by atoms with Crippen LogP contribution < -0.4 is 20.9 Å². The van der Waals surface area contributed by atoms with Crippen molar-refractivity contribution < 1.29 is 9.90 Å². The van der Waals surface area contributed by atoms with Crippen LogP contribution in [0.1, 0.15) is 25.0 Å². The Morgan fingerprint density at radius 1 is 1.16 bits per heavy atom. The molecule has 1 saturated heterocycles. The van der Waals surface area contributed by atoms with E-state index in [9.17, 15) is 9.90 Å². The van der Waals surface area contributed by atoms with Gasteiger partial charge >= 0.3 is 0 Å². The highest BCUT2D eigenvalue weighted by Crippen LogP contribution is 2.19. The molecule has 0 saturated carbocycles. The number of guanidine groups is 1. The minimum Gasteiger partial charge on any atom is -0.384 e. The number of carbonyl (C=O) groups excluding carboxylic acids is 1. The summed E-state index contributed by atoms with van der Waals surface area (Å²) < 4.78 is 0. The van der Waals surface area contributed by atoms with Gasteiger partial charge in [-0.3, -0.25) is 4.79 Å². The smallest absolute Gasteiger partial charge is 0.239 e. The van der Waals surface area contributed by atoms with E-state index in [1.165, 1.54) is 0 Å². The molecule has 0 radical (unpaired) electrons. The summed E-state index contributed by atoms with van der Waals surface area (Å²) >= 11 is 0. The van der Waals surface area contributed by atoms with Gasteiger partial charge in [-0.15, -0.1) is 24.0 Å². The largest absolute Gasteiger partial charge is 0.384 e. The number of nitrogens with one attached hydrogen (secondary N) is 3. The zero-order chi connectivity index (χ0) is 21.4. The molecule has 1 heterocycles. The molecule has 0 spiro atoms. The molecule has 2 aromatic carbocycles. The number of benzene rings is 2. The minimum absolute atomic E-state index is 0. The van der Waals surface area contributed by atoms with Crippen LogP contribution in [0.25, 0.3) is 0 Å². The molecule has 1 aliphatic heterocycles. The molecule has 8 heteroatoms. The van der Waals surface area contributed by atoms with Crippen LogP contribution in [0.4, 0.5) is 5.69 Å². The number of hydrogen-bond acceptors (Lipinski definition) is 4. The van der Waals surface area contributed by atoms with Crippen LogP contribution in [-0.2, 0) is 16.9 Å². The topological polar surface area (TPSA) is 89.0 Å². The molecule has 0 aliphatic carbocycles. The van der Waals surface area contributed by atoms with E-state index in [4.69, 9.17) is 0 Å². The Morgan fingerprint density at radius 2 is 1.87 bits per heavy atom. The van der Waals surface area contributed by atoms with Crippen LogP contribution in [0.3, 0.4) is 0 Å². The SMILES string of the molecule is CCNC(=NCc1ccc(N2CCNC(=O)C2)cc1)NCC(C)(O)c1ccccc1.I. The van der Waals surface area contributed by atoms with Gasteiger partial charge in [-0.1, -0.05) is 42.5 Å². The average molecular weight is 537 g/mol. The highest BCUT2D eigenvalue weighted by atomic mass is 127. The molecule has 1 fully saturated rings. The van der Waals surface area contributed by atoms with Gasteiger partial charge in [0.15, 0.2) is 5.96 Å². The second kappa shape index (κ2) is 11.9. The first kappa shape index (κ1) is 24.9. The quantitative estimate of drug-likeness (QED) is 0.247. The van der Waals surface area contributed by atoms with Crippen molar-refractivity contribution in [2.45, 2.75) is 26.0 Å². The van der Waals surface area contributed by atoms with Crippen LogP contribution in [0.5, 0.6) is 0 Å². The Hall–Kier alpha value is -2.33. The van der Waals surface area contributed by atoms with E-state index in [2.05, 4.69) is 25.8 Å². The molecular weight excluding hydrogens is 505 g/mol. The third-order valence-electron chi connectivity index (χ3n) is 5.10. The van der Waals surface area contributed by atoms with Crippen molar-refractivity contribution in [1.29, 1.82) is 0 Å². The molecule has 0 bridgehead atoms. The van der Waals surface area contributed by atoms with E-state index in [-0.39, 0.29) is 29.9 Å². The summed E-state index contributed by atoms with van der Waals surface area (Å²) in [6, 6.07) is 17.7. The van der Waals surface area contributed by atoms with Gasteiger partial charge in [-0.2, -0.15) is 0 Å². The van der Waals surface area contributed by atoms with E-state index in [1.54, 1.807) is 6.92 Å². The lowest BCUT2D eigenvalue weighted by Crippen LogP contribution is -2.47. The maximum atomic E-state index is 11.6. The standard InChI is InChI=1S/C23H31N5O2.HI/c1-3-24-22(27-17-23(2,30)19-7-5-4-6-8-19)26-15-18-9-11-20(12-10-18)28-14-13-25-21(29)16-28;/h4-12,30H,3,13-17H2,1-2H3,(H,25,29)(H2,24,26,27);1H. The van der Waals surface area contributed by atoms with Gasteiger partial charge in [0.25, 0.3) is 0 Å². The number of hydrogen-bond donors (Lipinski definition) is 4. The highest BCUT2D eigenvalue weighted by Gasteiger charge is 2.23. The number of carbonyl (C=O) groups is 1. The summed E-state index contributed by atoms with van der Waals surface area (Å²) in [7, 11) is 0. The van der Waals surface area contributed by atoms with Crippen molar-refractivity contribution in [2.24, 2.45) is 4.99 Å². The first-order valence-electron chi connectivity index (χ1n) is 10.4. The van der Waals surface area contributed by atoms with Gasteiger partial charge in [-0.05, 0) is 37.1 Å². The maximum Gasteiger partial charge on any atom is 0.239 e. The third-order valence-corrected chi connectivity index (χ3v) is 5.10. The molecule has 1 atom stereocenters. The van der Waals surface area contributed by atoms with Gasteiger partial charge in [0, 0.05) is 25.3 Å². The number of aliphatic imine (C=N–C) groups is 1. The molecule has 168 valence electrons.